The van der Waals surface area contributed by atoms with Gasteiger partial charge < -0.3 is 20.7 Å². The van der Waals surface area contributed by atoms with Gasteiger partial charge in [0.1, 0.15) is 5.78 Å². The summed E-state index contributed by atoms with van der Waals surface area (Å²) in [4.78, 5) is 46.9. The Morgan fingerprint density at radius 3 is 1.97 bits per heavy atom. The van der Waals surface area contributed by atoms with Gasteiger partial charge in [0.15, 0.2) is 11.6 Å². The zero-order chi connectivity index (χ0) is 22.5. The van der Waals surface area contributed by atoms with Gasteiger partial charge in [-0.1, -0.05) is 28.1 Å². The lowest BCUT2D eigenvalue weighted by Crippen LogP contribution is -2.50. The molecule has 166 valence electrons. The van der Waals surface area contributed by atoms with Gasteiger partial charge in [0.2, 0.25) is 0 Å². The Kier molecular flexibility index (Phi) is 12.2. The van der Waals surface area contributed by atoms with Gasteiger partial charge in [-0.3, -0.25) is 9.59 Å². The minimum atomic E-state index is -0.732. The fraction of sp³-hybridized carbons (Fsp3) is 0.545. The Morgan fingerprint density at radius 2 is 1.43 bits per heavy atom. The summed E-state index contributed by atoms with van der Waals surface area (Å²) < 4.78 is 1.05. The van der Waals surface area contributed by atoms with Crippen molar-refractivity contribution in [2.75, 3.05) is 6.54 Å². The number of hydrogen-bond donors (Lipinski definition) is 3. The first-order valence-corrected chi connectivity index (χ1v) is 11.0. The molecule has 1 aromatic rings. The molecule has 3 N–H and O–H groups in total. The molecule has 0 unspecified atom stereocenters. The molecule has 7 nitrogen and oxygen atoms in total. The molecule has 1 aromatic carbocycles. The van der Waals surface area contributed by atoms with Crippen molar-refractivity contribution < 1.29 is 19.2 Å². The lowest BCUT2D eigenvalue weighted by atomic mass is 10.1. The average molecular weight is 482 g/mol. The number of rotatable bonds is 14. The molecule has 0 radical (unpaired) electrons. The molecule has 0 fully saturated rings. The van der Waals surface area contributed by atoms with Crippen LogP contribution in [0.15, 0.2) is 28.7 Å². The fourth-order valence-electron chi connectivity index (χ4n) is 2.89. The number of urea groups is 1. The molecule has 0 aliphatic heterocycles. The molecule has 2 atom stereocenters. The van der Waals surface area contributed by atoms with Crippen molar-refractivity contribution in [1.29, 1.82) is 0 Å². The topological polar surface area (TPSA) is 104 Å². The summed E-state index contributed by atoms with van der Waals surface area (Å²) in [6, 6.07) is 6.21. The van der Waals surface area contributed by atoms with Crippen LogP contribution >= 0.6 is 15.9 Å². The highest BCUT2D eigenvalue weighted by molar-refractivity contribution is 9.10. The number of amides is 2. The highest BCUT2D eigenvalue weighted by Gasteiger charge is 2.21. The predicted octanol–water partition coefficient (Wildman–Crippen LogP) is 3.29. The molecule has 0 aromatic heterocycles. The van der Waals surface area contributed by atoms with E-state index in [0.717, 1.165) is 30.4 Å². The van der Waals surface area contributed by atoms with Crippen LogP contribution in [0.4, 0.5) is 4.79 Å². The second-order valence-electron chi connectivity index (χ2n) is 7.48. The maximum Gasteiger partial charge on any atom is 0.315 e. The summed E-state index contributed by atoms with van der Waals surface area (Å²) in [5.74, 6) is -0.391. The summed E-state index contributed by atoms with van der Waals surface area (Å²) in [5, 5.41) is 8.58. The third kappa shape index (κ3) is 11.2. The van der Waals surface area contributed by atoms with E-state index in [0.29, 0.717) is 6.42 Å². The summed E-state index contributed by atoms with van der Waals surface area (Å²) in [7, 11) is 0. The van der Waals surface area contributed by atoms with E-state index in [1.165, 1.54) is 26.3 Å². The first-order valence-electron chi connectivity index (χ1n) is 10.2. The first-order chi connectivity index (χ1) is 14.2. The minimum Gasteiger partial charge on any atom is -0.328 e. The molecule has 30 heavy (non-hydrogen) atoms. The van der Waals surface area contributed by atoms with Crippen molar-refractivity contribution in [3.8, 4) is 0 Å². The Labute approximate surface area is 186 Å². The molecule has 8 heteroatoms. The summed E-state index contributed by atoms with van der Waals surface area (Å²) in [5.41, 5.74) is 1.20. The van der Waals surface area contributed by atoms with Gasteiger partial charge in [0.05, 0.1) is 12.1 Å². The van der Waals surface area contributed by atoms with Gasteiger partial charge in [-0.25, -0.2) is 4.79 Å². The lowest BCUT2D eigenvalue weighted by molar-refractivity contribution is -0.120. The van der Waals surface area contributed by atoms with E-state index in [2.05, 4.69) is 44.0 Å². The van der Waals surface area contributed by atoms with Crippen LogP contribution < -0.4 is 16.0 Å². The van der Waals surface area contributed by atoms with E-state index in [1.54, 1.807) is 0 Å². The van der Waals surface area contributed by atoms with E-state index in [4.69, 9.17) is 0 Å². The number of ketones is 3. The van der Waals surface area contributed by atoms with Crippen molar-refractivity contribution in [2.45, 2.75) is 71.5 Å². The molecule has 0 aliphatic carbocycles. The Hall–Kier alpha value is -2.06. The van der Waals surface area contributed by atoms with Crippen molar-refractivity contribution in [3.63, 3.8) is 0 Å². The average Bonchev–Trinajstić information content (AvgIpc) is 2.67. The second kappa shape index (κ2) is 14.0. The Morgan fingerprint density at radius 1 is 0.867 bits per heavy atom. The van der Waals surface area contributed by atoms with Crippen molar-refractivity contribution >= 4 is 39.3 Å². The molecule has 0 saturated carbocycles. The minimum absolute atomic E-state index is 0.0428. The van der Waals surface area contributed by atoms with Crippen LogP contribution in [0.25, 0.3) is 0 Å². The van der Waals surface area contributed by atoms with Crippen molar-refractivity contribution in [1.82, 2.24) is 16.0 Å². The fourth-order valence-corrected chi connectivity index (χ4v) is 3.16. The molecule has 0 saturated heterocycles. The normalized spacial score (nSPS) is 12.7. The highest BCUT2D eigenvalue weighted by Crippen LogP contribution is 2.10. The SMILES string of the molecule is CC(=O)CC[C@H](NC(=O)N[C@@H](CCCCNCc1ccc(Br)cc1)C(C)=O)C(C)=O. The molecule has 1 rings (SSSR count). The molecular formula is C22H32BrN3O4. The third-order valence-electron chi connectivity index (χ3n) is 4.72. The van der Waals surface area contributed by atoms with Crippen LogP contribution in [0.5, 0.6) is 0 Å². The number of carbonyl (C=O) groups excluding carboxylic acids is 4. The highest BCUT2D eigenvalue weighted by atomic mass is 79.9. The van der Waals surface area contributed by atoms with Crippen LogP contribution in [0.1, 0.15) is 58.4 Å². The molecule has 0 bridgehead atoms. The number of nitrogens with one attached hydrogen (secondary N) is 3. The Bertz CT molecular complexity index is 722. The first kappa shape index (κ1) is 26.0. The van der Waals surface area contributed by atoms with Gasteiger partial charge in [0, 0.05) is 17.4 Å². The van der Waals surface area contributed by atoms with Crippen LogP contribution in [-0.2, 0) is 20.9 Å². The van der Waals surface area contributed by atoms with Gasteiger partial charge in [-0.2, -0.15) is 0 Å². The van der Waals surface area contributed by atoms with Crippen LogP contribution in [0.3, 0.4) is 0 Å². The van der Waals surface area contributed by atoms with Crippen LogP contribution in [-0.4, -0.2) is 42.0 Å². The predicted molar refractivity (Wildman–Crippen MR) is 120 cm³/mol. The number of unbranched alkanes of at least 4 members (excludes halogenated alkanes) is 1. The van der Waals surface area contributed by atoms with E-state index in [1.807, 2.05) is 12.1 Å². The number of hydrogen-bond acceptors (Lipinski definition) is 5. The van der Waals surface area contributed by atoms with Gasteiger partial charge in [0.25, 0.3) is 0 Å². The Balaban J connectivity index is 2.34. The van der Waals surface area contributed by atoms with E-state index >= 15 is 0 Å². The molecule has 2 amide bonds. The number of halogens is 1. The van der Waals surface area contributed by atoms with Crippen molar-refractivity contribution in [3.05, 3.63) is 34.3 Å². The summed E-state index contributed by atoms with van der Waals surface area (Å²) in [6.07, 6.45) is 2.65. The van der Waals surface area contributed by atoms with Gasteiger partial charge >= 0.3 is 6.03 Å². The molecule has 0 spiro atoms. The maximum atomic E-state index is 12.2. The number of carbonyl (C=O) groups is 4. The number of benzene rings is 1. The molecule has 0 aliphatic rings. The van der Waals surface area contributed by atoms with Gasteiger partial charge in [-0.05, 0) is 70.7 Å². The van der Waals surface area contributed by atoms with Crippen LogP contribution in [0, 0.1) is 0 Å². The van der Waals surface area contributed by atoms with Crippen molar-refractivity contribution in [2.24, 2.45) is 0 Å². The maximum absolute atomic E-state index is 12.2. The lowest BCUT2D eigenvalue weighted by Gasteiger charge is -2.20. The van der Waals surface area contributed by atoms with E-state index in [-0.39, 0.29) is 30.2 Å². The zero-order valence-corrected chi connectivity index (χ0v) is 19.5. The number of Topliss-reactive ketones (excluding diaryl/α,β-unsaturated/α-hetero) is 3. The van der Waals surface area contributed by atoms with E-state index < -0.39 is 18.1 Å². The molecule has 0 heterocycles. The second-order valence-corrected chi connectivity index (χ2v) is 8.40. The summed E-state index contributed by atoms with van der Waals surface area (Å²) >= 11 is 3.41. The third-order valence-corrected chi connectivity index (χ3v) is 5.24. The quantitative estimate of drug-likeness (QED) is 0.353. The van der Waals surface area contributed by atoms with Crippen LogP contribution in [0.2, 0.25) is 0 Å². The smallest absolute Gasteiger partial charge is 0.315 e. The van der Waals surface area contributed by atoms with E-state index in [9.17, 15) is 19.2 Å². The summed E-state index contributed by atoms with van der Waals surface area (Å²) in [6.45, 7) is 5.83. The standard InChI is InChI=1S/C22H32BrN3O4/c1-15(27)7-12-21(17(3)29)26-22(30)25-20(16(2)28)6-4-5-13-24-14-18-8-10-19(23)11-9-18/h8-11,20-21,24H,4-7,12-14H2,1-3H3,(H2,25,26,30)/t20-,21-/m0/s1. The van der Waals surface area contributed by atoms with Gasteiger partial charge in [-0.15, -0.1) is 0 Å². The molecular weight excluding hydrogens is 450 g/mol. The largest absolute Gasteiger partial charge is 0.328 e. The zero-order valence-electron chi connectivity index (χ0n) is 17.9. The monoisotopic (exact) mass is 481 g/mol.